The summed E-state index contributed by atoms with van der Waals surface area (Å²) in [6.45, 7) is 1.78. The van der Waals surface area contributed by atoms with E-state index in [0.717, 1.165) is 12.0 Å². The monoisotopic (exact) mass is 253 g/mol. The Kier molecular flexibility index (Phi) is 5.30. The Morgan fingerprint density at radius 1 is 1.11 bits per heavy atom. The van der Waals surface area contributed by atoms with Crippen LogP contribution in [0.2, 0.25) is 0 Å². The van der Waals surface area contributed by atoms with Crippen LogP contribution in [0.5, 0.6) is 17.2 Å². The molecule has 0 radical (unpaired) electrons. The Labute approximate surface area is 107 Å². The van der Waals surface area contributed by atoms with Crippen molar-refractivity contribution in [2.24, 2.45) is 5.16 Å². The predicted octanol–water partition coefficient (Wildman–Crippen LogP) is 2.50. The van der Waals surface area contributed by atoms with Crippen LogP contribution >= 0.6 is 0 Å². The normalized spacial score (nSPS) is 11.2. The molecule has 0 aliphatic heterocycles. The van der Waals surface area contributed by atoms with Gasteiger partial charge in [0.15, 0.2) is 11.5 Å². The van der Waals surface area contributed by atoms with Crippen molar-refractivity contribution in [2.45, 2.75) is 19.8 Å². The first-order valence-electron chi connectivity index (χ1n) is 5.62. The molecular formula is C13H19NO4. The highest BCUT2D eigenvalue weighted by molar-refractivity contribution is 5.81. The van der Waals surface area contributed by atoms with Gasteiger partial charge < -0.3 is 19.4 Å². The molecule has 0 saturated carbocycles. The number of methoxy groups -OCH3 is 3. The summed E-state index contributed by atoms with van der Waals surface area (Å²) in [5.41, 5.74) is 1.72. The zero-order valence-corrected chi connectivity index (χ0v) is 11.2. The highest BCUT2D eigenvalue weighted by Crippen LogP contribution is 2.38. The lowest BCUT2D eigenvalue weighted by Crippen LogP contribution is -1.99. The number of benzene rings is 1. The van der Waals surface area contributed by atoms with E-state index >= 15 is 0 Å². The van der Waals surface area contributed by atoms with E-state index in [4.69, 9.17) is 19.4 Å². The van der Waals surface area contributed by atoms with Crippen molar-refractivity contribution >= 4 is 5.71 Å². The van der Waals surface area contributed by atoms with E-state index in [1.807, 2.05) is 12.1 Å². The fraction of sp³-hybridized carbons (Fsp3) is 0.462. The van der Waals surface area contributed by atoms with E-state index in [1.165, 1.54) is 0 Å². The van der Waals surface area contributed by atoms with E-state index in [1.54, 1.807) is 28.3 Å². The second-order valence-electron chi connectivity index (χ2n) is 3.87. The Morgan fingerprint density at radius 3 is 2.06 bits per heavy atom. The largest absolute Gasteiger partial charge is 0.493 e. The number of nitrogens with zero attached hydrogens (tertiary/aromatic N) is 1. The van der Waals surface area contributed by atoms with Gasteiger partial charge >= 0.3 is 0 Å². The fourth-order valence-corrected chi connectivity index (χ4v) is 1.65. The van der Waals surface area contributed by atoms with Crippen LogP contribution in [0.4, 0.5) is 0 Å². The van der Waals surface area contributed by atoms with Crippen LogP contribution in [0.3, 0.4) is 0 Å². The van der Waals surface area contributed by atoms with Gasteiger partial charge in [-0.1, -0.05) is 5.16 Å². The highest BCUT2D eigenvalue weighted by atomic mass is 16.5. The van der Waals surface area contributed by atoms with E-state index in [0.29, 0.717) is 29.4 Å². The molecular weight excluding hydrogens is 234 g/mol. The van der Waals surface area contributed by atoms with Gasteiger partial charge in [0.1, 0.15) is 0 Å². The molecule has 0 amide bonds. The van der Waals surface area contributed by atoms with Crippen LogP contribution in [0.25, 0.3) is 0 Å². The standard InChI is InChI=1S/C13H19NO4/c1-9(14-15)5-6-10-7-11(16-2)13(18-4)12(8-10)17-3/h7-8,15H,5-6H2,1-4H3/b14-9+. The third kappa shape index (κ3) is 3.29. The van der Waals surface area contributed by atoms with E-state index in [-0.39, 0.29) is 0 Å². The van der Waals surface area contributed by atoms with Crippen LogP contribution in [-0.2, 0) is 6.42 Å². The Morgan fingerprint density at radius 2 is 1.67 bits per heavy atom. The van der Waals surface area contributed by atoms with E-state index in [2.05, 4.69) is 5.16 Å². The molecule has 1 aromatic rings. The van der Waals surface area contributed by atoms with Crippen molar-refractivity contribution in [1.82, 2.24) is 0 Å². The van der Waals surface area contributed by atoms with Crippen LogP contribution in [0.15, 0.2) is 17.3 Å². The molecule has 0 saturated heterocycles. The molecule has 0 fully saturated rings. The number of hydrogen-bond donors (Lipinski definition) is 1. The van der Waals surface area contributed by atoms with Gasteiger partial charge in [-0.15, -0.1) is 0 Å². The maximum atomic E-state index is 8.62. The van der Waals surface area contributed by atoms with Crippen molar-refractivity contribution in [2.75, 3.05) is 21.3 Å². The van der Waals surface area contributed by atoms with Crippen LogP contribution in [0, 0.1) is 0 Å². The summed E-state index contributed by atoms with van der Waals surface area (Å²) in [7, 11) is 4.74. The van der Waals surface area contributed by atoms with Crippen LogP contribution in [-0.4, -0.2) is 32.2 Å². The number of aryl methyl sites for hydroxylation is 1. The fourth-order valence-electron chi connectivity index (χ4n) is 1.65. The zero-order valence-electron chi connectivity index (χ0n) is 11.2. The molecule has 0 atom stereocenters. The minimum Gasteiger partial charge on any atom is -0.493 e. The van der Waals surface area contributed by atoms with Crippen molar-refractivity contribution in [3.63, 3.8) is 0 Å². The van der Waals surface area contributed by atoms with Crippen LogP contribution < -0.4 is 14.2 Å². The van der Waals surface area contributed by atoms with E-state index < -0.39 is 0 Å². The molecule has 5 heteroatoms. The number of hydrogen-bond acceptors (Lipinski definition) is 5. The van der Waals surface area contributed by atoms with Gasteiger partial charge in [0.05, 0.1) is 27.0 Å². The predicted molar refractivity (Wildman–Crippen MR) is 69.3 cm³/mol. The van der Waals surface area contributed by atoms with Gasteiger partial charge in [0, 0.05) is 0 Å². The molecule has 0 aliphatic rings. The Bertz CT molecular complexity index is 404. The number of rotatable bonds is 6. The second-order valence-corrected chi connectivity index (χ2v) is 3.87. The summed E-state index contributed by atoms with van der Waals surface area (Å²) in [6.07, 6.45) is 1.42. The molecule has 0 spiro atoms. The first kappa shape index (κ1) is 14.2. The average Bonchev–Trinajstić information content (AvgIpc) is 2.43. The first-order chi connectivity index (χ1) is 8.65. The first-order valence-corrected chi connectivity index (χ1v) is 5.62. The maximum Gasteiger partial charge on any atom is 0.203 e. The molecule has 18 heavy (non-hydrogen) atoms. The van der Waals surface area contributed by atoms with E-state index in [9.17, 15) is 0 Å². The molecule has 5 nitrogen and oxygen atoms in total. The van der Waals surface area contributed by atoms with Gasteiger partial charge in [-0.3, -0.25) is 0 Å². The lowest BCUT2D eigenvalue weighted by molar-refractivity contribution is 0.317. The molecule has 1 aromatic carbocycles. The summed E-state index contributed by atoms with van der Waals surface area (Å²) in [6, 6.07) is 3.79. The molecule has 0 aliphatic carbocycles. The van der Waals surface area contributed by atoms with Crippen molar-refractivity contribution in [3.05, 3.63) is 17.7 Å². The highest BCUT2D eigenvalue weighted by Gasteiger charge is 2.13. The zero-order chi connectivity index (χ0) is 13.5. The summed E-state index contributed by atoms with van der Waals surface area (Å²) in [5.74, 6) is 1.84. The third-order valence-corrected chi connectivity index (χ3v) is 2.67. The second kappa shape index (κ2) is 6.74. The molecule has 1 rings (SSSR count). The van der Waals surface area contributed by atoms with Crippen molar-refractivity contribution in [3.8, 4) is 17.2 Å². The molecule has 1 N–H and O–H groups in total. The summed E-state index contributed by atoms with van der Waals surface area (Å²) in [5, 5.41) is 11.8. The molecule has 0 bridgehead atoms. The Balaban J connectivity index is 3.00. The third-order valence-electron chi connectivity index (χ3n) is 2.67. The minimum atomic E-state index is 0.580. The van der Waals surface area contributed by atoms with Gasteiger partial charge in [0.25, 0.3) is 0 Å². The smallest absolute Gasteiger partial charge is 0.203 e. The van der Waals surface area contributed by atoms with Crippen molar-refractivity contribution < 1.29 is 19.4 Å². The topological polar surface area (TPSA) is 60.3 Å². The quantitative estimate of drug-likeness (QED) is 0.480. The van der Waals surface area contributed by atoms with Crippen molar-refractivity contribution in [1.29, 1.82) is 0 Å². The van der Waals surface area contributed by atoms with Gasteiger partial charge in [-0.05, 0) is 37.5 Å². The number of ether oxygens (including phenoxy) is 3. The molecule has 0 aromatic heterocycles. The average molecular weight is 253 g/mol. The lowest BCUT2D eigenvalue weighted by Gasteiger charge is -2.14. The molecule has 100 valence electrons. The van der Waals surface area contributed by atoms with Gasteiger partial charge in [-0.2, -0.15) is 0 Å². The summed E-state index contributed by atoms with van der Waals surface area (Å²) < 4.78 is 15.8. The minimum absolute atomic E-state index is 0.580. The molecule has 0 heterocycles. The lowest BCUT2D eigenvalue weighted by atomic mass is 10.1. The van der Waals surface area contributed by atoms with Crippen LogP contribution in [0.1, 0.15) is 18.9 Å². The number of oxime groups is 1. The summed E-state index contributed by atoms with van der Waals surface area (Å²) >= 11 is 0. The SMILES string of the molecule is COc1cc(CC/C(C)=N/O)cc(OC)c1OC. The maximum absolute atomic E-state index is 8.62. The van der Waals surface area contributed by atoms with Gasteiger partial charge in [-0.25, -0.2) is 0 Å². The molecule has 0 unspecified atom stereocenters. The summed E-state index contributed by atoms with van der Waals surface area (Å²) in [4.78, 5) is 0. The Hall–Kier alpha value is -1.91. The van der Waals surface area contributed by atoms with Gasteiger partial charge in [0.2, 0.25) is 5.75 Å².